The normalized spacial score (nSPS) is 10.4. The van der Waals surface area contributed by atoms with Crippen LogP contribution in [0.1, 0.15) is 11.3 Å². The molecule has 0 aliphatic heterocycles. The highest BCUT2D eigenvalue weighted by molar-refractivity contribution is 5.48. The van der Waals surface area contributed by atoms with Crippen LogP contribution >= 0.6 is 0 Å². The van der Waals surface area contributed by atoms with Gasteiger partial charge < -0.3 is 5.32 Å². The van der Waals surface area contributed by atoms with Gasteiger partial charge in [0.05, 0.1) is 17.9 Å². The summed E-state index contributed by atoms with van der Waals surface area (Å²) in [5.74, 6) is 0. The van der Waals surface area contributed by atoms with E-state index in [1.54, 1.807) is 6.20 Å². The van der Waals surface area contributed by atoms with E-state index < -0.39 is 0 Å². The summed E-state index contributed by atoms with van der Waals surface area (Å²) in [5, 5.41) is 7.56. The summed E-state index contributed by atoms with van der Waals surface area (Å²) in [7, 11) is 0. The summed E-state index contributed by atoms with van der Waals surface area (Å²) in [5.41, 5.74) is 4.33. The molecule has 3 aromatic rings. The number of rotatable bonds is 4. The summed E-state index contributed by atoms with van der Waals surface area (Å²) in [6.45, 7) is 2.76. The molecule has 1 N–H and O–H groups in total. The maximum absolute atomic E-state index is 4.37. The minimum absolute atomic E-state index is 0.724. The number of pyridine rings is 1. The van der Waals surface area contributed by atoms with Gasteiger partial charge in [0.15, 0.2) is 0 Å². The van der Waals surface area contributed by atoms with Gasteiger partial charge in [-0.25, -0.2) is 4.68 Å². The number of hydrogen-bond donors (Lipinski definition) is 1. The van der Waals surface area contributed by atoms with E-state index in [4.69, 9.17) is 0 Å². The molecule has 1 aromatic carbocycles. The first-order valence-electron chi connectivity index (χ1n) is 6.57. The van der Waals surface area contributed by atoms with E-state index in [0.29, 0.717) is 0 Å². The number of hydrogen-bond acceptors (Lipinski definition) is 3. The summed E-state index contributed by atoms with van der Waals surface area (Å²) in [4.78, 5) is 4.37. The first kappa shape index (κ1) is 12.4. The van der Waals surface area contributed by atoms with Crippen LogP contribution < -0.4 is 5.32 Å². The van der Waals surface area contributed by atoms with Crippen LogP contribution in [0.4, 0.5) is 5.69 Å². The van der Waals surface area contributed by atoms with E-state index in [0.717, 1.165) is 23.6 Å². The molecule has 0 saturated carbocycles. The van der Waals surface area contributed by atoms with Gasteiger partial charge in [-0.1, -0.05) is 6.07 Å². The monoisotopic (exact) mass is 264 g/mol. The molecule has 0 amide bonds. The van der Waals surface area contributed by atoms with Crippen LogP contribution in [0.5, 0.6) is 0 Å². The third-order valence-corrected chi connectivity index (χ3v) is 3.08. The molecule has 4 nitrogen and oxygen atoms in total. The van der Waals surface area contributed by atoms with Gasteiger partial charge in [0, 0.05) is 24.3 Å². The van der Waals surface area contributed by atoms with Crippen LogP contribution in [0.25, 0.3) is 5.69 Å². The smallest absolute Gasteiger partial charge is 0.0647 e. The van der Waals surface area contributed by atoms with Crippen molar-refractivity contribution in [1.82, 2.24) is 14.8 Å². The fourth-order valence-corrected chi connectivity index (χ4v) is 1.95. The predicted octanol–water partition coefficient (Wildman–Crippen LogP) is 3.19. The standard InChI is InChI=1S/C16H16N4/c1-13-3-4-15(17-11-13)12-18-14-5-7-16(8-6-14)20-10-2-9-19-20/h2-11,18H,12H2,1H3. The summed E-state index contributed by atoms with van der Waals surface area (Å²) in [6, 6.07) is 14.2. The third kappa shape index (κ3) is 2.85. The fraction of sp³-hybridized carbons (Fsp3) is 0.125. The van der Waals surface area contributed by atoms with Crippen molar-refractivity contribution in [3.05, 3.63) is 72.3 Å². The number of benzene rings is 1. The van der Waals surface area contributed by atoms with Gasteiger partial charge in [-0.05, 0) is 48.9 Å². The van der Waals surface area contributed by atoms with Crippen LogP contribution in [0.3, 0.4) is 0 Å². The quantitative estimate of drug-likeness (QED) is 0.787. The Morgan fingerprint density at radius 3 is 2.60 bits per heavy atom. The molecule has 3 rings (SSSR count). The van der Waals surface area contributed by atoms with Gasteiger partial charge in [0.1, 0.15) is 0 Å². The third-order valence-electron chi connectivity index (χ3n) is 3.08. The maximum atomic E-state index is 4.37. The Morgan fingerprint density at radius 2 is 1.95 bits per heavy atom. The molecule has 2 heterocycles. The van der Waals surface area contributed by atoms with E-state index in [1.165, 1.54) is 5.56 Å². The van der Waals surface area contributed by atoms with Gasteiger partial charge in [-0.15, -0.1) is 0 Å². The minimum atomic E-state index is 0.724. The zero-order chi connectivity index (χ0) is 13.8. The van der Waals surface area contributed by atoms with Crippen molar-refractivity contribution in [3.8, 4) is 5.69 Å². The van der Waals surface area contributed by atoms with Crippen molar-refractivity contribution in [2.45, 2.75) is 13.5 Å². The Bertz CT molecular complexity index is 655. The largest absolute Gasteiger partial charge is 0.379 e. The average molecular weight is 264 g/mol. The number of aromatic nitrogens is 3. The van der Waals surface area contributed by atoms with Gasteiger partial charge in [0.2, 0.25) is 0 Å². The van der Waals surface area contributed by atoms with Gasteiger partial charge >= 0.3 is 0 Å². The highest BCUT2D eigenvalue weighted by atomic mass is 15.3. The summed E-state index contributed by atoms with van der Waals surface area (Å²) >= 11 is 0. The molecule has 0 fully saturated rings. The molecule has 0 atom stereocenters. The van der Waals surface area contributed by atoms with Gasteiger partial charge in [0.25, 0.3) is 0 Å². The topological polar surface area (TPSA) is 42.7 Å². The highest BCUT2D eigenvalue weighted by Gasteiger charge is 1.98. The molecular formula is C16H16N4. The molecule has 0 spiro atoms. The molecule has 0 radical (unpaired) electrons. The molecule has 0 saturated heterocycles. The van der Waals surface area contributed by atoms with Gasteiger partial charge in [-0.3, -0.25) is 4.98 Å². The fourth-order valence-electron chi connectivity index (χ4n) is 1.95. The Labute approximate surface area is 118 Å². The van der Waals surface area contributed by atoms with Crippen LogP contribution in [0.15, 0.2) is 61.1 Å². The van der Waals surface area contributed by atoms with E-state index in [9.17, 15) is 0 Å². The molecule has 100 valence electrons. The van der Waals surface area contributed by atoms with Crippen molar-refractivity contribution in [2.24, 2.45) is 0 Å². The SMILES string of the molecule is Cc1ccc(CNc2ccc(-n3cccn3)cc2)nc1. The van der Waals surface area contributed by atoms with E-state index in [-0.39, 0.29) is 0 Å². The van der Waals surface area contributed by atoms with Crippen LogP contribution in [0, 0.1) is 6.92 Å². The van der Waals surface area contributed by atoms with Gasteiger partial charge in [-0.2, -0.15) is 5.10 Å². The zero-order valence-corrected chi connectivity index (χ0v) is 11.3. The minimum Gasteiger partial charge on any atom is -0.379 e. The Hall–Kier alpha value is -2.62. The van der Waals surface area contributed by atoms with Crippen molar-refractivity contribution in [3.63, 3.8) is 0 Å². The first-order valence-corrected chi connectivity index (χ1v) is 6.57. The van der Waals surface area contributed by atoms with Crippen molar-refractivity contribution >= 4 is 5.69 Å². The Kier molecular flexibility index (Phi) is 3.46. The highest BCUT2D eigenvalue weighted by Crippen LogP contribution is 2.13. The molecule has 0 bridgehead atoms. The Morgan fingerprint density at radius 1 is 1.10 bits per heavy atom. The number of nitrogens with zero attached hydrogens (tertiary/aromatic N) is 3. The maximum Gasteiger partial charge on any atom is 0.0647 e. The number of nitrogens with one attached hydrogen (secondary N) is 1. The summed E-state index contributed by atoms with van der Waals surface area (Å²) in [6.07, 6.45) is 5.59. The van der Waals surface area contributed by atoms with E-state index in [1.807, 2.05) is 60.4 Å². The number of anilines is 1. The summed E-state index contributed by atoms with van der Waals surface area (Å²) < 4.78 is 1.84. The first-order chi connectivity index (χ1) is 9.81. The lowest BCUT2D eigenvalue weighted by molar-refractivity contribution is 0.880. The second-order valence-electron chi connectivity index (χ2n) is 4.68. The average Bonchev–Trinajstić information content (AvgIpc) is 3.01. The molecular weight excluding hydrogens is 248 g/mol. The molecule has 4 heteroatoms. The zero-order valence-electron chi connectivity index (χ0n) is 11.3. The lowest BCUT2D eigenvalue weighted by atomic mass is 10.2. The lowest BCUT2D eigenvalue weighted by Crippen LogP contribution is -2.02. The van der Waals surface area contributed by atoms with Crippen LogP contribution in [-0.4, -0.2) is 14.8 Å². The molecule has 2 aromatic heterocycles. The van der Waals surface area contributed by atoms with Crippen molar-refractivity contribution in [2.75, 3.05) is 5.32 Å². The second kappa shape index (κ2) is 5.57. The number of aryl methyl sites for hydroxylation is 1. The predicted molar refractivity (Wildman–Crippen MR) is 79.9 cm³/mol. The molecule has 0 aliphatic carbocycles. The molecule has 0 aliphatic rings. The van der Waals surface area contributed by atoms with Crippen molar-refractivity contribution in [1.29, 1.82) is 0 Å². The second-order valence-corrected chi connectivity index (χ2v) is 4.68. The van der Waals surface area contributed by atoms with Crippen LogP contribution in [0.2, 0.25) is 0 Å². The Balaban J connectivity index is 1.65. The van der Waals surface area contributed by atoms with E-state index >= 15 is 0 Å². The molecule has 0 unspecified atom stereocenters. The van der Waals surface area contributed by atoms with Crippen LogP contribution in [-0.2, 0) is 6.54 Å². The molecule has 20 heavy (non-hydrogen) atoms. The lowest BCUT2D eigenvalue weighted by Gasteiger charge is -2.07. The van der Waals surface area contributed by atoms with E-state index in [2.05, 4.69) is 21.5 Å². The van der Waals surface area contributed by atoms with Crippen molar-refractivity contribution < 1.29 is 0 Å².